The van der Waals surface area contributed by atoms with Crippen LogP contribution in [0.1, 0.15) is 19.4 Å². The molecule has 4 nitrogen and oxygen atoms in total. The number of hydrogen-bond donors (Lipinski definition) is 2. The van der Waals surface area contributed by atoms with E-state index in [0.29, 0.717) is 13.2 Å². The van der Waals surface area contributed by atoms with Crippen LogP contribution in [0.2, 0.25) is 0 Å². The zero-order valence-electron chi connectivity index (χ0n) is 13.5. The van der Waals surface area contributed by atoms with Crippen LogP contribution in [0, 0.1) is 0 Å². The SMILES string of the molecule is CC(C)(NC(=O)[C@@H]1CNCCO1)c1cccc2ccccc12.Cl. The largest absolute Gasteiger partial charge is 0.366 e. The summed E-state index contributed by atoms with van der Waals surface area (Å²) in [5.74, 6) is -0.0647. The third kappa shape index (κ3) is 3.83. The molecule has 1 aliphatic rings. The van der Waals surface area contributed by atoms with E-state index < -0.39 is 11.6 Å². The van der Waals surface area contributed by atoms with Crippen molar-refractivity contribution in [2.24, 2.45) is 0 Å². The summed E-state index contributed by atoms with van der Waals surface area (Å²) in [4.78, 5) is 12.4. The van der Waals surface area contributed by atoms with Gasteiger partial charge in [0.05, 0.1) is 12.1 Å². The van der Waals surface area contributed by atoms with E-state index in [4.69, 9.17) is 4.74 Å². The molecule has 1 atom stereocenters. The number of ether oxygens (including phenoxy) is 1. The van der Waals surface area contributed by atoms with E-state index in [1.807, 2.05) is 32.0 Å². The second-order valence-electron chi connectivity index (χ2n) is 6.20. The van der Waals surface area contributed by atoms with Crippen molar-refractivity contribution in [1.82, 2.24) is 10.6 Å². The molecular formula is C18H23ClN2O2. The third-order valence-corrected chi connectivity index (χ3v) is 4.12. The number of benzene rings is 2. The molecule has 2 aromatic carbocycles. The predicted molar refractivity (Wildman–Crippen MR) is 95.0 cm³/mol. The predicted octanol–water partition coefficient (Wildman–Crippen LogP) is 2.60. The number of hydrogen-bond acceptors (Lipinski definition) is 3. The Morgan fingerprint density at radius 3 is 2.70 bits per heavy atom. The lowest BCUT2D eigenvalue weighted by atomic mass is 9.89. The first-order chi connectivity index (χ1) is 10.6. The van der Waals surface area contributed by atoms with Gasteiger partial charge in [-0.3, -0.25) is 4.79 Å². The van der Waals surface area contributed by atoms with Gasteiger partial charge < -0.3 is 15.4 Å². The van der Waals surface area contributed by atoms with Crippen LogP contribution in [-0.2, 0) is 15.1 Å². The van der Waals surface area contributed by atoms with Crippen molar-refractivity contribution in [2.45, 2.75) is 25.5 Å². The lowest BCUT2D eigenvalue weighted by molar-refractivity contribution is -0.136. The highest BCUT2D eigenvalue weighted by Crippen LogP contribution is 2.28. The number of halogens is 1. The van der Waals surface area contributed by atoms with E-state index in [9.17, 15) is 4.79 Å². The van der Waals surface area contributed by atoms with Crippen LogP contribution in [0.3, 0.4) is 0 Å². The molecule has 0 radical (unpaired) electrons. The lowest BCUT2D eigenvalue weighted by Crippen LogP contribution is -2.52. The number of carbonyl (C=O) groups excluding carboxylic acids is 1. The van der Waals surface area contributed by atoms with Gasteiger partial charge in [-0.15, -0.1) is 12.4 Å². The number of carbonyl (C=O) groups is 1. The molecule has 2 aromatic rings. The Balaban J connectivity index is 0.00000192. The van der Waals surface area contributed by atoms with Gasteiger partial charge in [-0.25, -0.2) is 0 Å². The van der Waals surface area contributed by atoms with Crippen LogP contribution >= 0.6 is 12.4 Å². The van der Waals surface area contributed by atoms with Gasteiger partial charge in [0.2, 0.25) is 0 Å². The summed E-state index contributed by atoms with van der Waals surface area (Å²) in [6.45, 7) is 6.01. The van der Waals surface area contributed by atoms with Gasteiger partial charge in [-0.05, 0) is 30.2 Å². The molecule has 124 valence electrons. The van der Waals surface area contributed by atoms with E-state index in [1.165, 1.54) is 5.39 Å². The molecule has 0 aliphatic carbocycles. The zero-order chi connectivity index (χ0) is 15.6. The summed E-state index contributed by atoms with van der Waals surface area (Å²) in [5, 5.41) is 8.66. The monoisotopic (exact) mass is 334 g/mol. The highest BCUT2D eigenvalue weighted by atomic mass is 35.5. The molecule has 0 unspecified atom stereocenters. The maximum Gasteiger partial charge on any atom is 0.251 e. The quantitative estimate of drug-likeness (QED) is 0.907. The van der Waals surface area contributed by atoms with E-state index >= 15 is 0 Å². The summed E-state index contributed by atoms with van der Waals surface area (Å²) >= 11 is 0. The smallest absolute Gasteiger partial charge is 0.251 e. The van der Waals surface area contributed by atoms with Crippen molar-refractivity contribution in [3.05, 3.63) is 48.0 Å². The summed E-state index contributed by atoms with van der Waals surface area (Å²) in [6.07, 6.45) is -0.414. The molecule has 1 heterocycles. The normalized spacial score (nSPS) is 18.3. The van der Waals surface area contributed by atoms with Crippen LogP contribution in [0.25, 0.3) is 10.8 Å². The molecule has 0 spiro atoms. The summed E-state index contributed by atoms with van der Waals surface area (Å²) in [6, 6.07) is 14.4. The van der Waals surface area contributed by atoms with Crippen LogP contribution in [0.5, 0.6) is 0 Å². The standard InChI is InChI=1S/C18H22N2O2.ClH/c1-18(2,20-17(21)16-12-19-10-11-22-16)15-9-5-7-13-6-3-4-8-14(13)15;/h3-9,16,19H,10-12H2,1-2H3,(H,20,21);1H/t16-;/m0./s1. The highest BCUT2D eigenvalue weighted by molar-refractivity contribution is 5.88. The molecule has 0 saturated carbocycles. The van der Waals surface area contributed by atoms with Crippen molar-refractivity contribution in [2.75, 3.05) is 19.7 Å². The number of morpholine rings is 1. The third-order valence-electron chi connectivity index (χ3n) is 4.12. The first kappa shape index (κ1) is 17.7. The second-order valence-corrected chi connectivity index (χ2v) is 6.20. The molecule has 3 rings (SSSR count). The van der Waals surface area contributed by atoms with Crippen molar-refractivity contribution < 1.29 is 9.53 Å². The summed E-state index contributed by atoms with van der Waals surface area (Å²) in [7, 11) is 0. The molecule has 23 heavy (non-hydrogen) atoms. The van der Waals surface area contributed by atoms with E-state index in [2.05, 4.69) is 34.9 Å². The maximum atomic E-state index is 12.4. The van der Waals surface area contributed by atoms with Gasteiger partial charge in [-0.1, -0.05) is 42.5 Å². The number of rotatable bonds is 3. The van der Waals surface area contributed by atoms with Gasteiger partial charge >= 0.3 is 0 Å². The van der Waals surface area contributed by atoms with Gasteiger partial charge in [0, 0.05) is 13.1 Å². The van der Waals surface area contributed by atoms with Crippen LogP contribution in [0.15, 0.2) is 42.5 Å². The summed E-state index contributed by atoms with van der Waals surface area (Å²) < 4.78 is 5.53. The fourth-order valence-corrected chi connectivity index (χ4v) is 2.96. The van der Waals surface area contributed by atoms with E-state index in [1.54, 1.807) is 0 Å². The Morgan fingerprint density at radius 1 is 1.22 bits per heavy atom. The Labute approximate surface area is 143 Å². The fourth-order valence-electron chi connectivity index (χ4n) is 2.96. The Morgan fingerprint density at radius 2 is 1.96 bits per heavy atom. The molecule has 0 bridgehead atoms. The molecular weight excluding hydrogens is 312 g/mol. The minimum absolute atomic E-state index is 0. The molecule has 5 heteroatoms. The van der Waals surface area contributed by atoms with Gasteiger partial charge in [-0.2, -0.15) is 0 Å². The van der Waals surface area contributed by atoms with Crippen molar-refractivity contribution >= 4 is 29.1 Å². The fraction of sp³-hybridized carbons (Fsp3) is 0.389. The first-order valence-electron chi connectivity index (χ1n) is 7.70. The zero-order valence-corrected chi connectivity index (χ0v) is 14.3. The first-order valence-corrected chi connectivity index (χ1v) is 7.70. The second kappa shape index (κ2) is 7.30. The molecule has 2 N–H and O–H groups in total. The lowest BCUT2D eigenvalue weighted by Gasteiger charge is -2.31. The highest BCUT2D eigenvalue weighted by Gasteiger charge is 2.29. The minimum Gasteiger partial charge on any atom is -0.366 e. The minimum atomic E-state index is -0.460. The number of amides is 1. The topological polar surface area (TPSA) is 50.4 Å². The van der Waals surface area contributed by atoms with E-state index in [-0.39, 0.29) is 18.3 Å². The number of nitrogens with one attached hydrogen (secondary N) is 2. The maximum absolute atomic E-state index is 12.4. The Hall–Kier alpha value is -1.62. The van der Waals surface area contributed by atoms with Gasteiger partial charge in [0.1, 0.15) is 6.10 Å². The average molecular weight is 335 g/mol. The average Bonchev–Trinajstić information content (AvgIpc) is 2.54. The molecule has 1 aliphatic heterocycles. The van der Waals surface area contributed by atoms with Crippen LogP contribution < -0.4 is 10.6 Å². The molecule has 1 fully saturated rings. The van der Waals surface area contributed by atoms with Crippen molar-refractivity contribution in [3.63, 3.8) is 0 Å². The van der Waals surface area contributed by atoms with Gasteiger partial charge in [0.25, 0.3) is 5.91 Å². The summed E-state index contributed by atoms with van der Waals surface area (Å²) in [5.41, 5.74) is 0.654. The number of fused-ring (bicyclic) bond motifs is 1. The molecule has 1 saturated heterocycles. The van der Waals surface area contributed by atoms with Crippen molar-refractivity contribution in [1.29, 1.82) is 0 Å². The molecule has 1 amide bonds. The van der Waals surface area contributed by atoms with Crippen LogP contribution in [-0.4, -0.2) is 31.7 Å². The molecule has 0 aromatic heterocycles. The van der Waals surface area contributed by atoms with Crippen LogP contribution in [0.4, 0.5) is 0 Å². The van der Waals surface area contributed by atoms with Crippen molar-refractivity contribution in [3.8, 4) is 0 Å². The van der Waals surface area contributed by atoms with Gasteiger partial charge in [0.15, 0.2) is 0 Å². The Kier molecular flexibility index (Phi) is 5.63. The Bertz CT molecular complexity index is 676. The van der Waals surface area contributed by atoms with E-state index in [0.717, 1.165) is 17.5 Å².